The summed E-state index contributed by atoms with van der Waals surface area (Å²) < 4.78 is 2.28. The van der Waals surface area contributed by atoms with Crippen LogP contribution >= 0.6 is 22.9 Å². The van der Waals surface area contributed by atoms with Crippen molar-refractivity contribution in [3.05, 3.63) is 0 Å². The lowest BCUT2D eigenvalue weighted by atomic mass is 9.96. The normalized spacial score (nSPS) is 25.5. The fourth-order valence-corrected chi connectivity index (χ4v) is 2.80. The van der Waals surface area contributed by atoms with E-state index in [9.17, 15) is 4.79 Å². The number of hydrogen-bond acceptors (Lipinski definition) is 3. The molecule has 5 heteroatoms. The summed E-state index contributed by atoms with van der Waals surface area (Å²) in [7, 11) is 0. The largest absolute Gasteiger partial charge is 0.340 e. The van der Waals surface area contributed by atoms with E-state index >= 15 is 0 Å². The van der Waals surface area contributed by atoms with Crippen LogP contribution in [0.5, 0.6) is 0 Å². The smallest absolute Gasteiger partial charge is 0.225 e. The zero-order valence-electron chi connectivity index (χ0n) is 8.91. The van der Waals surface area contributed by atoms with Gasteiger partial charge in [-0.2, -0.15) is 0 Å². The van der Waals surface area contributed by atoms with Gasteiger partial charge in [0.1, 0.15) is 0 Å². The molecule has 86 valence electrons. The molecule has 0 aliphatic carbocycles. The van der Waals surface area contributed by atoms with Crippen LogP contribution in [0.15, 0.2) is 0 Å². The number of piperazine rings is 1. The number of halogens is 1. The fourth-order valence-electron chi connectivity index (χ4n) is 2.24. The van der Waals surface area contributed by atoms with E-state index in [1.165, 1.54) is 0 Å². The summed E-state index contributed by atoms with van der Waals surface area (Å²) in [6, 6.07) is 0. The number of piperidine rings is 1. The van der Waals surface area contributed by atoms with Crippen LogP contribution in [0, 0.1) is 5.92 Å². The molecule has 1 N–H and O–H groups in total. The number of nitrogens with one attached hydrogen (secondary N) is 1. The standard InChI is InChI=1S/C10H18IN3O/c11-14-5-1-9(2-6-14)10(15)13-7-3-12-4-8-13/h9,12H,1-8H2. The summed E-state index contributed by atoms with van der Waals surface area (Å²) in [6.07, 6.45) is 2.07. The summed E-state index contributed by atoms with van der Waals surface area (Å²) in [4.78, 5) is 14.2. The first-order chi connectivity index (χ1) is 7.27. The van der Waals surface area contributed by atoms with Gasteiger partial charge in [0.2, 0.25) is 5.91 Å². The van der Waals surface area contributed by atoms with Crippen molar-refractivity contribution >= 4 is 28.8 Å². The number of carbonyl (C=O) groups is 1. The molecule has 0 saturated carbocycles. The Balaban J connectivity index is 1.84. The minimum atomic E-state index is 0.286. The van der Waals surface area contributed by atoms with E-state index in [0.717, 1.165) is 52.1 Å². The Hall–Kier alpha value is 0.120. The first-order valence-corrected chi connectivity index (χ1v) is 6.64. The lowest BCUT2D eigenvalue weighted by Gasteiger charge is -2.33. The minimum absolute atomic E-state index is 0.286. The molecule has 0 spiro atoms. The van der Waals surface area contributed by atoms with E-state index in [4.69, 9.17) is 0 Å². The van der Waals surface area contributed by atoms with Crippen molar-refractivity contribution in [2.45, 2.75) is 12.8 Å². The maximum atomic E-state index is 12.1. The highest BCUT2D eigenvalue weighted by Gasteiger charge is 2.28. The Morgan fingerprint density at radius 1 is 1.13 bits per heavy atom. The summed E-state index contributed by atoms with van der Waals surface area (Å²) >= 11 is 2.34. The lowest BCUT2D eigenvalue weighted by Crippen LogP contribution is -2.49. The van der Waals surface area contributed by atoms with Gasteiger partial charge in [-0.3, -0.25) is 4.79 Å². The summed E-state index contributed by atoms with van der Waals surface area (Å²) in [5.41, 5.74) is 0. The van der Waals surface area contributed by atoms with E-state index in [0.29, 0.717) is 5.91 Å². The third-order valence-electron chi connectivity index (χ3n) is 3.22. The molecule has 0 radical (unpaired) electrons. The highest BCUT2D eigenvalue weighted by Crippen LogP contribution is 2.21. The van der Waals surface area contributed by atoms with Gasteiger partial charge in [-0.1, -0.05) is 0 Å². The molecule has 1 amide bonds. The monoisotopic (exact) mass is 323 g/mol. The summed E-state index contributed by atoms with van der Waals surface area (Å²) in [6.45, 7) is 5.81. The predicted octanol–water partition coefficient (Wildman–Crippen LogP) is 0.480. The third kappa shape index (κ3) is 3.04. The SMILES string of the molecule is O=C(C1CCN(I)CC1)N1CCNCC1. The number of amides is 1. The van der Waals surface area contributed by atoms with Crippen LogP contribution in [-0.4, -0.2) is 53.2 Å². The Kier molecular flexibility index (Phi) is 4.21. The molecular formula is C10H18IN3O. The predicted molar refractivity (Wildman–Crippen MR) is 67.8 cm³/mol. The van der Waals surface area contributed by atoms with E-state index in [1.54, 1.807) is 0 Å². The molecular weight excluding hydrogens is 305 g/mol. The first kappa shape index (κ1) is 11.6. The van der Waals surface area contributed by atoms with Gasteiger partial charge < -0.3 is 10.2 Å². The maximum Gasteiger partial charge on any atom is 0.225 e. The van der Waals surface area contributed by atoms with Gasteiger partial charge in [-0.15, -0.1) is 0 Å². The fraction of sp³-hybridized carbons (Fsp3) is 0.900. The second-order valence-electron chi connectivity index (χ2n) is 4.26. The number of carbonyl (C=O) groups excluding carboxylic acids is 1. The first-order valence-electron chi connectivity index (χ1n) is 5.67. The number of nitrogens with zero attached hydrogens (tertiary/aromatic N) is 2. The van der Waals surface area contributed by atoms with Gasteiger partial charge in [0, 0.05) is 68.1 Å². The molecule has 2 heterocycles. The van der Waals surface area contributed by atoms with Gasteiger partial charge in [-0.05, 0) is 12.8 Å². The quantitative estimate of drug-likeness (QED) is 0.563. The highest BCUT2D eigenvalue weighted by atomic mass is 127. The van der Waals surface area contributed by atoms with Gasteiger partial charge in [0.25, 0.3) is 0 Å². The third-order valence-corrected chi connectivity index (χ3v) is 4.18. The lowest BCUT2D eigenvalue weighted by molar-refractivity contribution is -0.137. The van der Waals surface area contributed by atoms with Crippen molar-refractivity contribution in [2.75, 3.05) is 39.3 Å². The van der Waals surface area contributed by atoms with Crippen LogP contribution in [0.25, 0.3) is 0 Å². The number of hydrogen-bond donors (Lipinski definition) is 1. The molecule has 0 aromatic heterocycles. The molecule has 0 aromatic rings. The van der Waals surface area contributed by atoms with E-state index in [2.05, 4.69) is 31.3 Å². The minimum Gasteiger partial charge on any atom is -0.340 e. The zero-order valence-corrected chi connectivity index (χ0v) is 11.1. The second kappa shape index (κ2) is 5.45. The van der Waals surface area contributed by atoms with Crippen LogP contribution in [0.2, 0.25) is 0 Å². The van der Waals surface area contributed by atoms with Gasteiger partial charge in [0.05, 0.1) is 0 Å². The zero-order chi connectivity index (χ0) is 10.7. The van der Waals surface area contributed by atoms with Crippen LogP contribution in [0.4, 0.5) is 0 Å². The summed E-state index contributed by atoms with van der Waals surface area (Å²) in [5, 5.41) is 3.28. The molecule has 0 bridgehead atoms. The van der Waals surface area contributed by atoms with Gasteiger partial charge in [0.15, 0.2) is 0 Å². The molecule has 0 unspecified atom stereocenters. The Morgan fingerprint density at radius 2 is 1.73 bits per heavy atom. The Bertz CT molecular complexity index is 223. The molecule has 2 saturated heterocycles. The van der Waals surface area contributed by atoms with E-state index in [1.807, 2.05) is 4.90 Å². The maximum absolute atomic E-state index is 12.1. The van der Waals surface area contributed by atoms with Gasteiger partial charge >= 0.3 is 0 Å². The molecule has 2 aliphatic rings. The van der Waals surface area contributed by atoms with Crippen LogP contribution in [0.3, 0.4) is 0 Å². The molecule has 0 aromatic carbocycles. The number of rotatable bonds is 1. The average Bonchev–Trinajstić information content (AvgIpc) is 2.30. The molecule has 2 rings (SSSR count). The summed E-state index contributed by atoms with van der Waals surface area (Å²) in [5.74, 6) is 0.676. The topological polar surface area (TPSA) is 35.6 Å². The Labute approximate surface area is 105 Å². The van der Waals surface area contributed by atoms with Crippen molar-refractivity contribution in [1.29, 1.82) is 0 Å². The van der Waals surface area contributed by atoms with Crippen molar-refractivity contribution in [1.82, 2.24) is 13.3 Å². The van der Waals surface area contributed by atoms with E-state index in [-0.39, 0.29) is 5.92 Å². The van der Waals surface area contributed by atoms with Crippen molar-refractivity contribution < 1.29 is 4.79 Å². The van der Waals surface area contributed by atoms with Crippen LogP contribution in [-0.2, 0) is 4.79 Å². The van der Waals surface area contributed by atoms with Crippen LogP contribution in [0.1, 0.15) is 12.8 Å². The Morgan fingerprint density at radius 3 is 2.33 bits per heavy atom. The van der Waals surface area contributed by atoms with Gasteiger partial charge in [-0.25, -0.2) is 3.11 Å². The molecule has 0 atom stereocenters. The van der Waals surface area contributed by atoms with Crippen molar-refractivity contribution in [3.8, 4) is 0 Å². The van der Waals surface area contributed by atoms with Crippen LogP contribution < -0.4 is 5.32 Å². The highest BCUT2D eigenvalue weighted by molar-refractivity contribution is 14.1. The van der Waals surface area contributed by atoms with Crippen molar-refractivity contribution in [3.63, 3.8) is 0 Å². The van der Waals surface area contributed by atoms with Crippen molar-refractivity contribution in [2.24, 2.45) is 5.92 Å². The molecule has 15 heavy (non-hydrogen) atoms. The molecule has 2 fully saturated rings. The second-order valence-corrected chi connectivity index (χ2v) is 5.62. The average molecular weight is 323 g/mol. The molecule has 2 aliphatic heterocycles. The molecule has 4 nitrogen and oxygen atoms in total. The van der Waals surface area contributed by atoms with E-state index < -0.39 is 0 Å².